The third-order valence-corrected chi connectivity index (χ3v) is 3.62. The first-order chi connectivity index (χ1) is 9.72. The first-order valence-corrected chi connectivity index (χ1v) is 6.79. The van der Waals surface area contributed by atoms with E-state index in [2.05, 4.69) is 15.4 Å². The first kappa shape index (κ1) is 13.1. The van der Waals surface area contributed by atoms with Crippen LogP contribution in [0.1, 0.15) is 24.5 Å². The van der Waals surface area contributed by atoms with Crippen LogP contribution >= 0.6 is 11.6 Å². The van der Waals surface area contributed by atoms with Crippen LogP contribution in [0.3, 0.4) is 0 Å². The van der Waals surface area contributed by atoms with Gasteiger partial charge in [0.05, 0.1) is 17.7 Å². The molecule has 1 saturated carbocycles. The van der Waals surface area contributed by atoms with Gasteiger partial charge in [0.1, 0.15) is 11.6 Å². The molecule has 0 spiro atoms. The maximum Gasteiger partial charge on any atom is 0.167 e. The summed E-state index contributed by atoms with van der Waals surface area (Å²) in [5.41, 5.74) is 4.26. The normalized spacial score (nSPS) is 14.2. The molecule has 1 aromatic carbocycles. The molecule has 1 fully saturated rings. The molecular formula is C14H15ClN4O. The molecule has 0 aliphatic heterocycles. The average Bonchev–Trinajstić information content (AvgIpc) is 3.31. The molecule has 0 saturated heterocycles. The van der Waals surface area contributed by atoms with Crippen molar-refractivity contribution in [1.82, 2.24) is 9.97 Å². The summed E-state index contributed by atoms with van der Waals surface area (Å²) in [5, 5.41) is 0.556. The highest BCUT2D eigenvalue weighted by Gasteiger charge is 2.27. The van der Waals surface area contributed by atoms with Gasteiger partial charge in [0.2, 0.25) is 0 Å². The molecule has 3 N–H and O–H groups in total. The molecule has 0 amide bonds. The van der Waals surface area contributed by atoms with E-state index in [9.17, 15) is 0 Å². The van der Waals surface area contributed by atoms with Gasteiger partial charge in [0.15, 0.2) is 5.82 Å². The SMILES string of the molecule is COc1cccc(Cl)c1-c1nc(NN)cc(C2CC2)n1. The Kier molecular flexibility index (Phi) is 3.46. The van der Waals surface area contributed by atoms with Crippen LogP contribution in [-0.4, -0.2) is 17.1 Å². The van der Waals surface area contributed by atoms with E-state index in [0.29, 0.717) is 33.9 Å². The number of methoxy groups -OCH3 is 1. The number of hydrogen-bond donors (Lipinski definition) is 2. The topological polar surface area (TPSA) is 73.1 Å². The Balaban J connectivity index is 2.16. The Morgan fingerprint density at radius 3 is 2.80 bits per heavy atom. The van der Waals surface area contributed by atoms with Gasteiger partial charge in [-0.1, -0.05) is 17.7 Å². The van der Waals surface area contributed by atoms with E-state index in [0.717, 1.165) is 18.5 Å². The number of nitrogens with two attached hydrogens (primary N) is 1. The Morgan fingerprint density at radius 1 is 1.35 bits per heavy atom. The molecule has 3 rings (SSSR count). The molecule has 2 aromatic rings. The lowest BCUT2D eigenvalue weighted by Gasteiger charge is -2.11. The van der Waals surface area contributed by atoms with Crippen molar-refractivity contribution in [2.45, 2.75) is 18.8 Å². The van der Waals surface area contributed by atoms with Crippen LogP contribution < -0.4 is 16.0 Å². The van der Waals surface area contributed by atoms with E-state index in [1.807, 2.05) is 18.2 Å². The number of aromatic nitrogens is 2. The fraction of sp³-hybridized carbons (Fsp3) is 0.286. The van der Waals surface area contributed by atoms with Crippen molar-refractivity contribution in [3.05, 3.63) is 35.0 Å². The van der Waals surface area contributed by atoms with Crippen molar-refractivity contribution >= 4 is 17.4 Å². The Labute approximate surface area is 122 Å². The van der Waals surface area contributed by atoms with Crippen molar-refractivity contribution in [2.24, 2.45) is 5.84 Å². The van der Waals surface area contributed by atoms with Crippen molar-refractivity contribution < 1.29 is 4.74 Å². The molecule has 6 heteroatoms. The number of hydrazine groups is 1. The van der Waals surface area contributed by atoms with Crippen LogP contribution in [0.5, 0.6) is 5.75 Å². The second kappa shape index (κ2) is 5.26. The van der Waals surface area contributed by atoms with Gasteiger partial charge >= 0.3 is 0 Å². The van der Waals surface area contributed by atoms with Crippen LogP contribution in [0.15, 0.2) is 24.3 Å². The van der Waals surface area contributed by atoms with Crippen LogP contribution in [0.25, 0.3) is 11.4 Å². The number of benzene rings is 1. The van der Waals surface area contributed by atoms with Crippen molar-refractivity contribution in [1.29, 1.82) is 0 Å². The van der Waals surface area contributed by atoms with Gasteiger partial charge < -0.3 is 10.2 Å². The van der Waals surface area contributed by atoms with E-state index in [1.165, 1.54) is 0 Å². The minimum atomic E-state index is 0.498. The quantitative estimate of drug-likeness (QED) is 0.669. The van der Waals surface area contributed by atoms with E-state index < -0.39 is 0 Å². The Hall–Kier alpha value is -1.85. The molecule has 1 aromatic heterocycles. The monoisotopic (exact) mass is 290 g/mol. The number of hydrogen-bond acceptors (Lipinski definition) is 5. The second-order valence-electron chi connectivity index (χ2n) is 4.74. The van der Waals surface area contributed by atoms with E-state index in [4.69, 9.17) is 22.2 Å². The van der Waals surface area contributed by atoms with Gasteiger partial charge in [-0.15, -0.1) is 0 Å². The fourth-order valence-corrected chi connectivity index (χ4v) is 2.38. The lowest BCUT2D eigenvalue weighted by atomic mass is 10.1. The first-order valence-electron chi connectivity index (χ1n) is 6.41. The number of rotatable bonds is 4. The number of halogens is 1. The molecule has 0 unspecified atom stereocenters. The molecule has 1 aliphatic rings. The highest BCUT2D eigenvalue weighted by molar-refractivity contribution is 6.33. The van der Waals surface area contributed by atoms with Gasteiger partial charge in [0, 0.05) is 17.7 Å². The molecule has 0 bridgehead atoms. The van der Waals surface area contributed by atoms with Gasteiger partial charge in [-0.05, 0) is 25.0 Å². The molecular weight excluding hydrogens is 276 g/mol. The van der Waals surface area contributed by atoms with Crippen molar-refractivity contribution in [3.8, 4) is 17.1 Å². The second-order valence-corrected chi connectivity index (χ2v) is 5.14. The zero-order valence-corrected chi connectivity index (χ0v) is 11.8. The summed E-state index contributed by atoms with van der Waals surface area (Å²) >= 11 is 6.27. The van der Waals surface area contributed by atoms with Gasteiger partial charge in [-0.3, -0.25) is 0 Å². The predicted octanol–water partition coefficient (Wildman–Crippen LogP) is 2.97. The third kappa shape index (κ3) is 2.42. The Bertz CT molecular complexity index is 643. The zero-order valence-electron chi connectivity index (χ0n) is 11.1. The zero-order chi connectivity index (χ0) is 14.1. The predicted molar refractivity (Wildman–Crippen MR) is 78.8 cm³/mol. The number of nitrogens with one attached hydrogen (secondary N) is 1. The summed E-state index contributed by atoms with van der Waals surface area (Å²) in [7, 11) is 1.60. The standard InChI is InChI=1S/C14H15ClN4O/c1-20-11-4-2-3-9(15)13(11)14-17-10(8-5-6-8)7-12(18-14)19-16/h2-4,7-8H,5-6,16H2,1H3,(H,17,18,19). The highest BCUT2D eigenvalue weighted by atomic mass is 35.5. The average molecular weight is 291 g/mol. The van der Waals surface area contributed by atoms with E-state index >= 15 is 0 Å². The van der Waals surface area contributed by atoms with Gasteiger partial charge in [-0.25, -0.2) is 15.8 Å². The maximum absolute atomic E-state index is 6.27. The Morgan fingerprint density at radius 2 is 2.15 bits per heavy atom. The van der Waals surface area contributed by atoms with Crippen LogP contribution in [0, 0.1) is 0 Å². The van der Waals surface area contributed by atoms with Crippen molar-refractivity contribution in [2.75, 3.05) is 12.5 Å². The van der Waals surface area contributed by atoms with Crippen molar-refractivity contribution in [3.63, 3.8) is 0 Å². The summed E-state index contributed by atoms with van der Waals surface area (Å²) in [6, 6.07) is 7.34. The van der Waals surface area contributed by atoms with E-state index in [1.54, 1.807) is 13.2 Å². The third-order valence-electron chi connectivity index (χ3n) is 3.31. The lowest BCUT2D eigenvalue weighted by Crippen LogP contribution is -2.10. The maximum atomic E-state index is 6.27. The van der Waals surface area contributed by atoms with Crippen LogP contribution in [0.4, 0.5) is 5.82 Å². The highest BCUT2D eigenvalue weighted by Crippen LogP contribution is 2.41. The summed E-state index contributed by atoms with van der Waals surface area (Å²) in [4.78, 5) is 9.00. The molecule has 0 radical (unpaired) electrons. The molecule has 1 heterocycles. The minimum Gasteiger partial charge on any atom is -0.496 e. The fourth-order valence-electron chi connectivity index (χ4n) is 2.13. The summed E-state index contributed by atoms with van der Waals surface area (Å²) in [6.45, 7) is 0. The molecule has 20 heavy (non-hydrogen) atoms. The number of nitrogens with zero attached hydrogens (tertiary/aromatic N) is 2. The van der Waals surface area contributed by atoms with E-state index in [-0.39, 0.29) is 0 Å². The number of anilines is 1. The molecule has 5 nitrogen and oxygen atoms in total. The molecule has 0 atom stereocenters. The van der Waals surface area contributed by atoms with Gasteiger partial charge in [0.25, 0.3) is 0 Å². The molecule has 1 aliphatic carbocycles. The van der Waals surface area contributed by atoms with Gasteiger partial charge in [-0.2, -0.15) is 0 Å². The lowest BCUT2D eigenvalue weighted by molar-refractivity contribution is 0.416. The number of ether oxygens (including phenoxy) is 1. The van der Waals surface area contributed by atoms with Crippen LogP contribution in [0.2, 0.25) is 5.02 Å². The minimum absolute atomic E-state index is 0.498. The number of nitrogen functional groups attached to an aromatic ring is 1. The smallest absolute Gasteiger partial charge is 0.167 e. The van der Waals surface area contributed by atoms with Crippen LogP contribution in [-0.2, 0) is 0 Å². The summed E-state index contributed by atoms with van der Waals surface area (Å²) in [6.07, 6.45) is 2.31. The summed E-state index contributed by atoms with van der Waals surface area (Å²) in [5.74, 6) is 7.75. The molecule has 104 valence electrons. The summed E-state index contributed by atoms with van der Waals surface area (Å²) < 4.78 is 5.35. The largest absolute Gasteiger partial charge is 0.496 e.